The fraction of sp³-hybridized carbons (Fsp3) is 0.667. The predicted octanol–water partition coefficient (Wildman–Crippen LogP) is 3.40. The molecule has 1 aliphatic heterocycles. The normalized spacial score (nSPS) is 21.2. The van der Waals surface area contributed by atoms with Gasteiger partial charge in [-0.2, -0.15) is 0 Å². The highest BCUT2D eigenvalue weighted by Gasteiger charge is 2.21. The SMILES string of the molecule is CCCC1CNCCN1Cc1ccc(Cl)s1.Cl. The van der Waals surface area contributed by atoms with Gasteiger partial charge in [0.1, 0.15) is 0 Å². The molecule has 1 fully saturated rings. The Balaban J connectivity index is 0.00000144. The van der Waals surface area contributed by atoms with Crippen molar-refractivity contribution < 1.29 is 0 Å². The van der Waals surface area contributed by atoms with Crippen molar-refractivity contribution in [3.8, 4) is 0 Å². The second-order valence-corrected chi connectivity index (χ2v) is 6.12. The molecule has 1 aromatic heterocycles. The van der Waals surface area contributed by atoms with Crippen LogP contribution in [-0.2, 0) is 6.54 Å². The molecular weight excluding hydrogens is 275 g/mol. The molecule has 5 heteroatoms. The van der Waals surface area contributed by atoms with E-state index < -0.39 is 0 Å². The van der Waals surface area contributed by atoms with Gasteiger partial charge >= 0.3 is 0 Å². The molecule has 0 spiro atoms. The first-order valence-corrected chi connectivity index (χ1v) is 7.18. The first kappa shape index (κ1) is 15.3. The average Bonchev–Trinajstić information content (AvgIpc) is 2.67. The number of rotatable bonds is 4. The van der Waals surface area contributed by atoms with Crippen LogP contribution in [0.4, 0.5) is 0 Å². The Morgan fingerprint density at radius 3 is 3.00 bits per heavy atom. The van der Waals surface area contributed by atoms with E-state index in [1.165, 1.54) is 17.7 Å². The first-order valence-electron chi connectivity index (χ1n) is 5.98. The number of halogens is 2. The maximum absolute atomic E-state index is 5.96. The van der Waals surface area contributed by atoms with Gasteiger partial charge in [-0.15, -0.1) is 23.7 Å². The van der Waals surface area contributed by atoms with Crippen LogP contribution < -0.4 is 5.32 Å². The van der Waals surface area contributed by atoms with Gasteiger partial charge in [-0.3, -0.25) is 4.90 Å². The Hall–Kier alpha value is 0.200. The van der Waals surface area contributed by atoms with E-state index in [1.54, 1.807) is 11.3 Å². The smallest absolute Gasteiger partial charge is 0.0931 e. The Labute approximate surface area is 119 Å². The van der Waals surface area contributed by atoms with Crippen LogP contribution >= 0.6 is 35.3 Å². The summed E-state index contributed by atoms with van der Waals surface area (Å²) < 4.78 is 0.900. The lowest BCUT2D eigenvalue weighted by atomic mass is 10.1. The Morgan fingerprint density at radius 2 is 2.35 bits per heavy atom. The van der Waals surface area contributed by atoms with Crippen molar-refractivity contribution in [2.45, 2.75) is 32.4 Å². The number of hydrogen-bond acceptors (Lipinski definition) is 3. The van der Waals surface area contributed by atoms with E-state index in [-0.39, 0.29) is 12.4 Å². The molecule has 1 atom stereocenters. The fourth-order valence-corrected chi connectivity index (χ4v) is 3.38. The lowest BCUT2D eigenvalue weighted by molar-refractivity contribution is 0.145. The minimum Gasteiger partial charge on any atom is -0.314 e. The van der Waals surface area contributed by atoms with Crippen molar-refractivity contribution >= 4 is 35.3 Å². The molecule has 0 aromatic carbocycles. The molecule has 0 radical (unpaired) electrons. The molecule has 0 aliphatic carbocycles. The van der Waals surface area contributed by atoms with Crippen LogP contribution in [0.25, 0.3) is 0 Å². The van der Waals surface area contributed by atoms with Crippen LogP contribution in [0.15, 0.2) is 12.1 Å². The standard InChI is InChI=1S/C12H19ClN2S.ClH/c1-2-3-10-8-14-6-7-15(10)9-11-4-5-12(13)16-11;/h4-5,10,14H,2-3,6-9H2,1H3;1H. The molecule has 17 heavy (non-hydrogen) atoms. The van der Waals surface area contributed by atoms with Gasteiger partial charge in [0.15, 0.2) is 0 Å². The van der Waals surface area contributed by atoms with Crippen molar-refractivity contribution in [1.29, 1.82) is 0 Å². The monoisotopic (exact) mass is 294 g/mol. The van der Waals surface area contributed by atoms with Gasteiger partial charge in [0, 0.05) is 37.1 Å². The van der Waals surface area contributed by atoms with Crippen LogP contribution in [0.2, 0.25) is 4.34 Å². The molecule has 2 heterocycles. The average molecular weight is 295 g/mol. The summed E-state index contributed by atoms with van der Waals surface area (Å²) in [5.74, 6) is 0. The molecule has 0 saturated carbocycles. The molecule has 1 saturated heterocycles. The molecular formula is C12H20Cl2N2S. The summed E-state index contributed by atoms with van der Waals surface area (Å²) in [6.45, 7) is 6.71. The van der Waals surface area contributed by atoms with Gasteiger partial charge in [-0.05, 0) is 18.6 Å². The van der Waals surface area contributed by atoms with Crippen molar-refractivity contribution in [3.05, 3.63) is 21.3 Å². The third-order valence-electron chi connectivity index (χ3n) is 3.08. The topological polar surface area (TPSA) is 15.3 Å². The molecule has 0 amide bonds. The third kappa shape index (κ3) is 4.42. The fourth-order valence-electron chi connectivity index (χ4n) is 2.27. The summed E-state index contributed by atoms with van der Waals surface area (Å²) >= 11 is 7.67. The van der Waals surface area contributed by atoms with Crippen molar-refractivity contribution in [1.82, 2.24) is 10.2 Å². The molecule has 98 valence electrons. The van der Waals surface area contributed by atoms with Crippen LogP contribution in [-0.4, -0.2) is 30.6 Å². The van der Waals surface area contributed by atoms with E-state index in [0.29, 0.717) is 6.04 Å². The summed E-state index contributed by atoms with van der Waals surface area (Å²) in [5, 5.41) is 3.48. The first-order chi connectivity index (χ1) is 7.79. The van der Waals surface area contributed by atoms with Gasteiger partial charge in [0.25, 0.3) is 0 Å². The summed E-state index contributed by atoms with van der Waals surface area (Å²) in [5.41, 5.74) is 0. The molecule has 1 aliphatic rings. The van der Waals surface area contributed by atoms with Gasteiger partial charge < -0.3 is 5.32 Å². The Kier molecular flexibility index (Phi) is 6.82. The number of piperazine rings is 1. The zero-order valence-electron chi connectivity index (χ0n) is 10.1. The van der Waals surface area contributed by atoms with Gasteiger partial charge in [-0.1, -0.05) is 24.9 Å². The van der Waals surface area contributed by atoms with E-state index in [0.717, 1.165) is 30.5 Å². The highest BCUT2D eigenvalue weighted by atomic mass is 35.5. The van der Waals surface area contributed by atoms with Crippen molar-refractivity contribution in [2.75, 3.05) is 19.6 Å². The number of nitrogens with one attached hydrogen (secondary N) is 1. The lowest BCUT2D eigenvalue weighted by Gasteiger charge is -2.35. The van der Waals surface area contributed by atoms with E-state index >= 15 is 0 Å². The summed E-state index contributed by atoms with van der Waals surface area (Å²) in [6, 6.07) is 4.84. The highest BCUT2D eigenvalue weighted by Crippen LogP contribution is 2.24. The van der Waals surface area contributed by atoms with Gasteiger partial charge in [0.2, 0.25) is 0 Å². The maximum atomic E-state index is 5.96. The largest absolute Gasteiger partial charge is 0.314 e. The van der Waals surface area contributed by atoms with Crippen LogP contribution in [0.3, 0.4) is 0 Å². The second kappa shape index (κ2) is 7.59. The van der Waals surface area contributed by atoms with Crippen LogP contribution in [0.1, 0.15) is 24.6 Å². The molecule has 1 unspecified atom stereocenters. The maximum Gasteiger partial charge on any atom is 0.0931 e. The third-order valence-corrected chi connectivity index (χ3v) is 4.30. The molecule has 1 aromatic rings. The summed E-state index contributed by atoms with van der Waals surface area (Å²) in [7, 11) is 0. The molecule has 2 rings (SSSR count). The van der Waals surface area contributed by atoms with Gasteiger partial charge in [0.05, 0.1) is 4.34 Å². The summed E-state index contributed by atoms with van der Waals surface area (Å²) in [4.78, 5) is 3.97. The van der Waals surface area contributed by atoms with Crippen molar-refractivity contribution in [3.63, 3.8) is 0 Å². The minimum absolute atomic E-state index is 0. The van der Waals surface area contributed by atoms with Crippen LogP contribution in [0, 0.1) is 0 Å². The van der Waals surface area contributed by atoms with Gasteiger partial charge in [-0.25, -0.2) is 0 Å². The minimum atomic E-state index is 0. The predicted molar refractivity (Wildman–Crippen MR) is 78.6 cm³/mol. The quantitative estimate of drug-likeness (QED) is 0.916. The van der Waals surface area contributed by atoms with E-state index in [9.17, 15) is 0 Å². The van der Waals surface area contributed by atoms with E-state index in [2.05, 4.69) is 23.2 Å². The number of hydrogen-bond donors (Lipinski definition) is 1. The van der Waals surface area contributed by atoms with E-state index in [4.69, 9.17) is 11.6 Å². The van der Waals surface area contributed by atoms with Crippen molar-refractivity contribution in [2.24, 2.45) is 0 Å². The second-order valence-electron chi connectivity index (χ2n) is 4.32. The Morgan fingerprint density at radius 1 is 1.53 bits per heavy atom. The zero-order chi connectivity index (χ0) is 11.4. The number of thiophene rings is 1. The molecule has 2 nitrogen and oxygen atoms in total. The zero-order valence-corrected chi connectivity index (χ0v) is 12.5. The summed E-state index contributed by atoms with van der Waals surface area (Å²) in [6.07, 6.45) is 2.54. The molecule has 0 bridgehead atoms. The highest BCUT2D eigenvalue weighted by molar-refractivity contribution is 7.16. The van der Waals surface area contributed by atoms with E-state index in [1.807, 2.05) is 6.07 Å². The number of nitrogens with zero attached hydrogens (tertiary/aromatic N) is 1. The lowest BCUT2D eigenvalue weighted by Crippen LogP contribution is -2.50. The molecule has 1 N–H and O–H groups in total. The Bertz CT molecular complexity index is 328. The van der Waals surface area contributed by atoms with Crippen LogP contribution in [0.5, 0.6) is 0 Å².